The Kier molecular flexibility index (Phi) is 27.9. The van der Waals surface area contributed by atoms with Crippen LogP contribution in [0.1, 0.15) is 143 Å². The zero-order valence-electron chi connectivity index (χ0n) is 28.8. The molecule has 0 aromatic rings. The predicted molar refractivity (Wildman–Crippen MR) is 182 cm³/mol. The molecule has 0 radical (unpaired) electrons. The van der Waals surface area contributed by atoms with Crippen molar-refractivity contribution in [2.75, 3.05) is 13.1 Å². The van der Waals surface area contributed by atoms with Gasteiger partial charge in [-0.15, -0.1) is 0 Å². The van der Waals surface area contributed by atoms with Gasteiger partial charge in [0.25, 0.3) is 0 Å². The Morgan fingerprint density at radius 3 is 1.78 bits per heavy atom. The van der Waals surface area contributed by atoms with Crippen molar-refractivity contribution in [3.8, 4) is 0 Å². The van der Waals surface area contributed by atoms with Gasteiger partial charge in [0.1, 0.15) is 12.5 Å². The van der Waals surface area contributed by atoms with E-state index < -0.39 is 36.8 Å². The first kappa shape index (κ1) is 43.6. The van der Waals surface area contributed by atoms with E-state index >= 15 is 0 Å². The van der Waals surface area contributed by atoms with Crippen LogP contribution >= 0.6 is 0 Å². The Balaban J connectivity index is 4.73. The number of nitrogens with two attached hydrogens (primary N) is 3. The summed E-state index contributed by atoms with van der Waals surface area (Å²) in [6.07, 6.45) is 14.8. The normalized spacial score (nSPS) is 14.6. The van der Waals surface area contributed by atoms with E-state index in [1.54, 1.807) is 0 Å². The minimum Gasteiger partial charge on any atom is -0.376 e. The zero-order chi connectivity index (χ0) is 33.9. The third-order valence-electron chi connectivity index (χ3n) is 8.10. The van der Waals surface area contributed by atoms with Crippen LogP contribution in [0.4, 0.5) is 0 Å². The van der Waals surface area contributed by atoms with Gasteiger partial charge in [-0.3, -0.25) is 20.2 Å². The number of aliphatic hydroxyl groups excluding tert-OH is 2. The highest BCUT2D eigenvalue weighted by Gasteiger charge is 2.29. The SMILES string of the molecule is CCCCCCCCCCCCCCCC(=O)NC(CC(C)C)C(O)NC(CCC(O)O)C(=O)NC(CN)CCCNC(N)N. The van der Waals surface area contributed by atoms with Crippen LogP contribution in [0.15, 0.2) is 0 Å². The second-order valence-electron chi connectivity index (χ2n) is 13.1. The molecule has 0 saturated carbocycles. The average molecular weight is 646 g/mol. The van der Waals surface area contributed by atoms with Crippen LogP contribution < -0.4 is 38.5 Å². The molecule has 2 amide bonds. The quantitative estimate of drug-likeness (QED) is 0.0392. The van der Waals surface area contributed by atoms with Crippen LogP contribution in [-0.2, 0) is 9.59 Å². The molecule has 0 rings (SSSR count). The van der Waals surface area contributed by atoms with Gasteiger partial charge in [-0.2, -0.15) is 0 Å². The van der Waals surface area contributed by atoms with Crippen molar-refractivity contribution in [1.82, 2.24) is 21.3 Å². The summed E-state index contributed by atoms with van der Waals surface area (Å²) in [6, 6.07) is -1.84. The molecule has 0 aliphatic heterocycles. The Labute approximate surface area is 273 Å². The molecular weight excluding hydrogens is 574 g/mol. The fourth-order valence-corrected chi connectivity index (χ4v) is 5.45. The summed E-state index contributed by atoms with van der Waals surface area (Å²) in [5.74, 6) is -0.341. The first-order valence-electron chi connectivity index (χ1n) is 17.8. The van der Waals surface area contributed by atoms with E-state index in [-0.39, 0.29) is 37.3 Å². The first-order valence-corrected chi connectivity index (χ1v) is 17.8. The number of aliphatic hydroxyl groups is 3. The largest absolute Gasteiger partial charge is 0.376 e. The molecule has 0 aliphatic carbocycles. The van der Waals surface area contributed by atoms with E-state index in [2.05, 4.69) is 28.2 Å². The summed E-state index contributed by atoms with van der Waals surface area (Å²) in [5, 5.41) is 41.7. The van der Waals surface area contributed by atoms with Gasteiger partial charge in [0, 0.05) is 19.0 Å². The molecule has 0 aliphatic rings. The van der Waals surface area contributed by atoms with Crippen molar-refractivity contribution in [2.45, 2.75) is 180 Å². The van der Waals surface area contributed by atoms with Crippen LogP contribution in [0.5, 0.6) is 0 Å². The molecule has 0 spiro atoms. The van der Waals surface area contributed by atoms with E-state index in [0.29, 0.717) is 32.2 Å². The third-order valence-corrected chi connectivity index (χ3v) is 8.10. The lowest BCUT2D eigenvalue weighted by molar-refractivity contribution is -0.126. The fraction of sp³-hybridized carbons (Fsp3) is 0.939. The predicted octanol–water partition coefficient (Wildman–Crippen LogP) is 2.38. The maximum Gasteiger partial charge on any atom is 0.237 e. The molecule has 4 unspecified atom stereocenters. The summed E-state index contributed by atoms with van der Waals surface area (Å²) < 4.78 is 0. The summed E-state index contributed by atoms with van der Waals surface area (Å²) in [4.78, 5) is 26.0. The van der Waals surface area contributed by atoms with E-state index in [1.807, 2.05) is 13.8 Å². The fourth-order valence-electron chi connectivity index (χ4n) is 5.45. The lowest BCUT2D eigenvalue weighted by atomic mass is 10.0. The molecule has 12 nitrogen and oxygen atoms in total. The minimum atomic E-state index is -1.59. The van der Waals surface area contributed by atoms with E-state index in [0.717, 1.165) is 19.3 Å². The number of carbonyl (C=O) groups is 2. The monoisotopic (exact) mass is 646 g/mol. The van der Waals surface area contributed by atoms with Gasteiger partial charge in [0.15, 0.2) is 6.29 Å². The molecule has 0 heterocycles. The summed E-state index contributed by atoms with van der Waals surface area (Å²) in [7, 11) is 0. The standard InChI is InChI=1S/C33H71N7O5/c1-4-5-6-7-8-9-10-11-12-13-14-15-16-19-29(41)39-28(23-25(2)3)32(45)40-27(20-21-30(42)43)31(44)38-26(24-34)18-17-22-37-33(35)36/h25-28,30,32-33,37,40,42-43,45H,4-24,34-36H2,1-3H3,(H,38,44)(H,39,41). The van der Waals surface area contributed by atoms with Crippen LogP contribution in [0.3, 0.4) is 0 Å². The van der Waals surface area contributed by atoms with Gasteiger partial charge in [0.05, 0.1) is 12.1 Å². The van der Waals surface area contributed by atoms with Crippen molar-refractivity contribution in [3.63, 3.8) is 0 Å². The molecule has 0 aromatic heterocycles. The van der Waals surface area contributed by atoms with Crippen LogP contribution in [0, 0.1) is 5.92 Å². The first-order chi connectivity index (χ1) is 21.5. The van der Waals surface area contributed by atoms with Crippen molar-refractivity contribution in [1.29, 1.82) is 0 Å². The van der Waals surface area contributed by atoms with Crippen molar-refractivity contribution in [3.05, 3.63) is 0 Å². The van der Waals surface area contributed by atoms with Crippen molar-refractivity contribution < 1.29 is 24.9 Å². The van der Waals surface area contributed by atoms with Gasteiger partial charge in [-0.1, -0.05) is 97.8 Å². The van der Waals surface area contributed by atoms with Crippen molar-refractivity contribution in [2.24, 2.45) is 23.1 Å². The Bertz CT molecular complexity index is 715. The number of hydrogen-bond donors (Lipinski definition) is 10. The molecule has 268 valence electrons. The highest BCUT2D eigenvalue weighted by atomic mass is 16.5. The van der Waals surface area contributed by atoms with Gasteiger partial charge >= 0.3 is 0 Å². The molecule has 0 aromatic carbocycles. The number of hydrogen-bond acceptors (Lipinski definition) is 10. The average Bonchev–Trinajstić information content (AvgIpc) is 2.98. The summed E-state index contributed by atoms with van der Waals surface area (Å²) in [6.45, 7) is 7.03. The maximum atomic E-state index is 13.2. The Morgan fingerprint density at radius 1 is 0.733 bits per heavy atom. The highest BCUT2D eigenvalue weighted by molar-refractivity contribution is 5.82. The second-order valence-corrected chi connectivity index (χ2v) is 13.1. The molecule has 45 heavy (non-hydrogen) atoms. The molecular formula is C33H71N7O5. The van der Waals surface area contributed by atoms with Gasteiger partial charge in [0.2, 0.25) is 11.8 Å². The second kappa shape index (κ2) is 28.8. The van der Waals surface area contributed by atoms with E-state index in [9.17, 15) is 24.9 Å². The topological polar surface area (TPSA) is 221 Å². The zero-order valence-corrected chi connectivity index (χ0v) is 28.8. The Hall–Kier alpha value is -1.38. The number of carbonyl (C=O) groups excluding carboxylic acids is 2. The van der Waals surface area contributed by atoms with E-state index in [1.165, 1.54) is 64.2 Å². The lowest BCUT2D eigenvalue weighted by Gasteiger charge is -2.30. The van der Waals surface area contributed by atoms with Crippen LogP contribution in [0.2, 0.25) is 0 Å². The molecule has 4 atom stereocenters. The van der Waals surface area contributed by atoms with E-state index in [4.69, 9.17) is 17.2 Å². The highest BCUT2D eigenvalue weighted by Crippen LogP contribution is 2.14. The number of unbranched alkanes of at least 4 members (excludes halogenated alkanes) is 12. The molecule has 0 bridgehead atoms. The Morgan fingerprint density at radius 2 is 1.29 bits per heavy atom. The van der Waals surface area contributed by atoms with Crippen molar-refractivity contribution >= 4 is 11.8 Å². The van der Waals surface area contributed by atoms with Gasteiger partial charge in [-0.25, -0.2) is 0 Å². The molecule has 0 fully saturated rings. The van der Waals surface area contributed by atoms with Crippen LogP contribution in [0.25, 0.3) is 0 Å². The van der Waals surface area contributed by atoms with Gasteiger partial charge in [-0.05, 0) is 51.0 Å². The number of nitrogens with one attached hydrogen (secondary N) is 4. The maximum absolute atomic E-state index is 13.2. The molecule has 0 saturated heterocycles. The smallest absolute Gasteiger partial charge is 0.237 e. The third kappa shape index (κ3) is 26.4. The van der Waals surface area contributed by atoms with Crippen LogP contribution in [-0.4, -0.2) is 77.2 Å². The number of amides is 2. The summed E-state index contributed by atoms with van der Waals surface area (Å²) in [5.41, 5.74) is 16.9. The van der Waals surface area contributed by atoms with Gasteiger partial charge < -0.3 is 43.2 Å². The number of rotatable bonds is 31. The molecule has 12 heteroatoms. The minimum absolute atomic E-state index is 0.0658. The molecule has 13 N–H and O–H groups in total. The lowest BCUT2D eigenvalue weighted by Crippen LogP contribution is -2.58. The summed E-state index contributed by atoms with van der Waals surface area (Å²) >= 11 is 0.